The summed E-state index contributed by atoms with van der Waals surface area (Å²) >= 11 is 1.99. The van der Waals surface area contributed by atoms with Gasteiger partial charge in [0.25, 0.3) is 5.91 Å². The number of H-pyrrole nitrogens is 1. The number of phenolic OH excluding ortho intramolecular Hbond substituents is 1. The van der Waals surface area contributed by atoms with E-state index in [1.54, 1.807) is 36.4 Å². The fourth-order valence-electron chi connectivity index (χ4n) is 4.41. The van der Waals surface area contributed by atoms with Crippen molar-refractivity contribution in [3.05, 3.63) is 68.6 Å². The van der Waals surface area contributed by atoms with Crippen molar-refractivity contribution in [1.82, 2.24) is 9.88 Å². The molecule has 1 saturated heterocycles. The molecule has 3 aromatic rings. The number of anilines is 1. The minimum Gasteiger partial charge on any atom is -0.508 e. The summed E-state index contributed by atoms with van der Waals surface area (Å²) in [6.45, 7) is -1.05. The summed E-state index contributed by atoms with van der Waals surface area (Å²) in [5.74, 6) is -4.14. The van der Waals surface area contributed by atoms with Crippen LogP contribution in [0.5, 0.6) is 11.5 Å². The Balaban J connectivity index is 1.40. The predicted molar refractivity (Wildman–Crippen MR) is 133 cm³/mol. The number of thioether (sulfide) groups is 1. The van der Waals surface area contributed by atoms with Crippen LogP contribution in [0, 0.1) is 5.92 Å². The number of phenols is 1. The highest BCUT2D eigenvalue weighted by Gasteiger charge is 2.56. The highest BCUT2D eigenvalue weighted by atomic mass is 32.2. The molecule has 1 aromatic heterocycles. The van der Waals surface area contributed by atoms with Crippen molar-refractivity contribution in [2.45, 2.75) is 16.2 Å². The van der Waals surface area contributed by atoms with E-state index in [-0.39, 0.29) is 17.2 Å². The number of fused-ring (bicyclic) bond motifs is 2. The molecule has 3 atom stereocenters. The molecule has 0 bridgehead atoms. The molecule has 3 amide bonds. The molecular formula is C24H19N3O8S2. The number of aromatic nitrogens is 1. The number of ether oxygens (including phenoxy) is 1. The van der Waals surface area contributed by atoms with Gasteiger partial charge in [0.2, 0.25) is 11.8 Å². The predicted octanol–water partition coefficient (Wildman–Crippen LogP) is 1.84. The molecule has 2 aliphatic rings. The van der Waals surface area contributed by atoms with E-state index in [2.05, 4.69) is 10.3 Å². The van der Waals surface area contributed by atoms with Crippen molar-refractivity contribution >= 4 is 52.5 Å². The molecule has 190 valence electrons. The Morgan fingerprint density at radius 3 is 2.57 bits per heavy atom. The molecular weight excluding hydrogens is 522 g/mol. The summed E-state index contributed by atoms with van der Waals surface area (Å²) in [5, 5.41) is 20.8. The summed E-state index contributed by atoms with van der Waals surface area (Å²) < 4.78 is 5.65. The Morgan fingerprint density at radius 1 is 1.08 bits per heavy atom. The van der Waals surface area contributed by atoms with Gasteiger partial charge in [0.15, 0.2) is 6.61 Å². The van der Waals surface area contributed by atoms with E-state index in [0.29, 0.717) is 26.9 Å². The van der Waals surface area contributed by atoms with Crippen LogP contribution in [0.25, 0.3) is 0 Å². The molecule has 0 aliphatic carbocycles. The standard InChI is InChI=1S/C24H19N3O8S2/c28-13-6-4-12(5-7-13)25-15(29)10-35-14-3-1-2-11(8-14)17-18-20(36-21-19(17)37-24(34)26-21)23(33)27(22(18)32)9-16(30)31/h1-8,17-18,20,28H,9-10H2,(H,25,29)(H,26,34)(H,30,31)/t17-,18+,20-/m0/s1. The first kappa shape index (κ1) is 24.6. The number of rotatable bonds is 7. The average Bonchev–Trinajstić information content (AvgIpc) is 3.34. The topological polar surface area (TPSA) is 166 Å². The van der Waals surface area contributed by atoms with Crippen molar-refractivity contribution in [2.75, 3.05) is 18.5 Å². The smallest absolute Gasteiger partial charge is 0.323 e. The lowest BCUT2D eigenvalue weighted by atomic mass is 9.83. The van der Waals surface area contributed by atoms with Gasteiger partial charge < -0.3 is 25.3 Å². The van der Waals surface area contributed by atoms with E-state index in [1.165, 1.54) is 12.1 Å². The fraction of sp³-hybridized carbons (Fsp3) is 0.208. The number of aliphatic carboxylic acids is 1. The fourth-order valence-corrected chi connectivity index (χ4v) is 6.95. The maximum atomic E-state index is 13.2. The number of benzene rings is 2. The van der Waals surface area contributed by atoms with Crippen LogP contribution >= 0.6 is 23.1 Å². The summed E-state index contributed by atoms with van der Waals surface area (Å²) in [4.78, 5) is 65.6. The molecule has 13 heteroatoms. The van der Waals surface area contributed by atoms with Gasteiger partial charge in [0, 0.05) is 16.5 Å². The van der Waals surface area contributed by atoms with Gasteiger partial charge in [-0.05, 0) is 42.0 Å². The third-order valence-electron chi connectivity index (χ3n) is 5.95. The largest absolute Gasteiger partial charge is 0.508 e. The summed E-state index contributed by atoms with van der Waals surface area (Å²) in [6.07, 6.45) is 0. The van der Waals surface area contributed by atoms with Gasteiger partial charge in [-0.25, -0.2) is 0 Å². The quantitative estimate of drug-likeness (QED) is 0.258. The number of nitrogens with one attached hydrogen (secondary N) is 2. The van der Waals surface area contributed by atoms with Crippen LogP contribution in [0.15, 0.2) is 58.4 Å². The summed E-state index contributed by atoms with van der Waals surface area (Å²) in [7, 11) is 0. The van der Waals surface area contributed by atoms with E-state index in [4.69, 9.17) is 4.74 Å². The zero-order valence-electron chi connectivity index (χ0n) is 18.9. The lowest BCUT2D eigenvalue weighted by Crippen LogP contribution is -2.36. The van der Waals surface area contributed by atoms with Gasteiger partial charge in [0.05, 0.1) is 10.9 Å². The van der Waals surface area contributed by atoms with E-state index < -0.39 is 47.3 Å². The second kappa shape index (κ2) is 9.75. The number of aromatic amines is 1. The van der Waals surface area contributed by atoms with Crippen LogP contribution in [0.2, 0.25) is 0 Å². The van der Waals surface area contributed by atoms with Crippen LogP contribution in [0.1, 0.15) is 16.4 Å². The number of carbonyl (C=O) groups is 4. The number of amides is 3. The van der Waals surface area contributed by atoms with E-state index in [0.717, 1.165) is 28.0 Å². The minimum atomic E-state index is -1.30. The van der Waals surface area contributed by atoms with E-state index in [1.807, 2.05) is 0 Å². The first-order valence-corrected chi connectivity index (χ1v) is 12.7. The molecule has 5 rings (SSSR count). The summed E-state index contributed by atoms with van der Waals surface area (Å²) in [6, 6.07) is 12.6. The Kier molecular flexibility index (Phi) is 6.48. The Hall–Kier alpha value is -4.10. The molecule has 0 radical (unpaired) electrons. The van der Waals surface area contributed by atoms with Crippen molar-refractivity contribution in [1.29, 1.82) is 0 Å². The molecule has 0 spiro atoms. The monoisotopic (exact) mass is 541 g/mol. The van der Waals surface area contributed by atoms with Crippen molar-refractivity contribution in [3.8, 4) is 11.5 Å². The van der Waals surface area contributed by atoms with Crippen molar-refractivity contribution in [2.24, 2.45) is 5.92 Å². The number of hydrogen-bond acceptors (Lipinski definition) is 9. The number of carboxylic acid groups (broad SMARTS) is 1. The Labute approximate surface area is 217 Å². The lowest BCUT2D eigenvalue weighted by molar-refractivity contribution is -0.149. The zero-order chi connectivity index (χ0) is 26.3. The first-order chi connectivity index (χ1) is 17.7. The summed E-state index contributed by atoms with van der Waals surface area (Å²) in [5.41, 5.74) is 1.07. The van der Waals surface area contributed by atoms with Crippen LogP contribution in [0.4, 0.5) is 5.69 Å². The maximum absolute atomic E-state index is 13.2. The lowest BCUT2D eigenvalue weighted by Gasteiger charge is -2.30. The van der Waals surface area contributed by atoms with Gasteiger partial charge in [-0.15, -0.1) is 0 Å². The SMILES string of the molecule is O=C(O)CN1C(=O)[C@@H]2[C@H](c3cccc(OCC(=O)Nc4ccc(O)cc4)c3)c3sc(=O)[nH]c3S[C@@H]2C1=O. The van der Waals surface area contributed by atoms with Crippen LogP contribution in [-0.2, 0) is 19.2 Å². The first-order valence-electron chi connectivity index (χ1n) is 11.0. The number of aromatic hydroxyl groups is 1. The highest BCUT2D eigenvalue weighted by molar-refractivity contribution is 8.00. The van der Waals surface area contributed by atoms with Gasteiger partial charge in [-0.3, -0.25) is 28.9 Å². The number of thiazole rings is 1. The molecule has 3 heterocycles. The average molecular weight is 542 g/mol. The normalized spacial score (nSPS) is 20.3. The van der Waals surface area contributed by atoms with Crippen LogP contribution in [-0.4, -0.2) is 62.2 Å². The third kappa shape index (κ3) is 4.82. The molecule has 0 saturated carbocycles. The number of hydrogen-bond donors (Lipinski definition) is 4. The highest BCUT2D eigenvalue weighted by Crippen LogP contribution is 2.52. The van der Waals surface area contributed by atoms with Crippen LogP contribution in [0.3, 0.4) is 0 Å². The Bertz CT molecular complexity index is 1470. The van der Waals surface area contributed by atoms with Gasteiger partial charge >= 0.3 is 10.8 Å². The minimum absolute atomic E-state index is 0.0681. The number of imide groups is 1. The van der Waals surface area contributed by atoms with Crippen LogP contribution < -0.4 is 14.9 Å². The molecule has 1 fully saturated rings. The zero-order valence-corrected chi connectivity index (χ0v) is 20.5. The van der Waals surface area contributed by atoms with Gasteiger partial charge in [0.1, 0.15) is 23.3 Å². The number of carboxylic acids is 1. The van der Waals surface area contributed by atoms with E-state index in [9.17, 15) is 34.2 Å². The molecule has 4 N–H and O–H groups in total. The number of likely N-dealkylation sites (tertiary alicyclic amines) is 1. The molecule has 37 heavy (non-hydrogen) atoms. The van der Waals surface area contributed by atoms with Gasteiger partial charge in [-0.1, -0.05) is 35.2 Å². The molecule has 11 nitrogen and oxygen atoms in total. The maximum Gasteiger partial charge on any atom is 0.323 e. The van der Waals surface area contributed by atoms with Crippen molar-refractivity contribution in [3.63, 3.8) is 0 Å². The number of nitrogens with zero attached hydrogens (tertiary/aromatic N) is 1. The Morgan fingerprint density at radius 2 is 1.84 bits per heavy atom. The third-order valence-corrected chi connectivity index (χ3v) is 8.35. The van der Waals surface area contributed by atoms with Gasteiger partial charge in [-0.2, -0.15) is 0 Å². The molecule has 0 unspecified atom stereocenters. The van der Waals surface area contributed by atoms with Crippen molar-refractivity contribution < 1.29 is 34.1 Å². The second-order valence-electron chi connectivity index (χ2n) is 8.36. The van der Waals surface area contributed by atoms with E-state index >= 15 is 0 Å². The molecule has 2 aromatic carbocycles. The number of carbonyl (C=O) groups excluding carboxylic acids is 3. The molecule has 2 aliphatic heterocycles. The second-order valence-corrected chi connectivity index (χ2v) is 10.5.